The Morgan fingerprint density at radius 3 is 2.44 bits per heavy atom. The predicted molar refractivity (Wildman–Crippen MR) is 108 cm³/mol. The number of ether oxygens (including phenoxy) is 2. The third-order valence-electron chi connectivity index (χ3n) is 4.11. The molecular formula is C20H20N2O4S. The summed E-state index contributed by atoms with van der Waals surface area (Å²) < 4.78 is 11.1. The van der Waals surface area contributed by atoms with Crippen LogP contribution in [0.5, 0.6) is 5.75 Å². The van der Waals surface area contributed by atoms with E-state index in [1.165, 1.54) is 25.6 Å². The standard InChI is InChI=1S/C20H20N2O4S/c1-11-5-7-15(12(2)9-11)22-20(24)21-13-6-8-16-14(10-13)17(25-3)18(27-16)19(23)26-4/h5-10H,1-4H3,(H2,21,22,24). The third-order valence-corrected chi connectivity index (χ3v) is 5.24. The Kier molecular flexibility index (Phi) is 5.32. The molecule has 0 atom stereocenters. The monoisotopic (exact) mass is 384 g/mol. The van der Waals surface area contributed by atoms with E-state index in [-0.39, 0.29) is 6.03 Å². The lowest BCUT2D eigenvalue weighted by molar-refractivity contribution is 0.0603. The van der Waals surface area contributed by atoms with E-state index >= 15 is 0 Å². The highest BCUT2D eigenvalue weighted by Gasteiger charge is 2.20. The number of carbonyl (C=O) groups excluding carboxylic acids is 2. The van der Waals surface area contributed by atoms with Gasteiger partial charge in [0.15, 0.2) is 10.6 Å². The van der Waals surface area contributed by atoms with Crippen molar-refractivity contribution in [3.63, 3.8) is 0 Å². The van der Waals surface area contributed by atoms with E-state index in [2.05, 4.69) is 10.6 Å². The Hall–Kier alpha value is -3.06. The highest BCUT2D eigenvalue weighted by atomic mass is 32.1. The number of thiophene rings is 1. The van der Waals surface area contributed by atoms with Gasteiger partial charge in [0.25, 0.3) is 0 Å². The second-order valence-corrected chi connectivity index (χ2v) is 7.12. The Morgan fingerprint density at radius 1 is 1.00 bits per heavy atom. The summed E-state index contributed by atoms with van der Waals surface area (Å²) >= 11 is 1.29. The molecule has 0 bridgehead atoms. The van der Waals surface area contributed by atoms with Gasteiger partial charge < -0.3 is 20.1 Å². The zero-order valence-electron chi connectivity index (χ0n) is 15.5. The van der Waals surface area contributed by atoms with E-state index in [0.29, 0.717) is 16.3 Å². The molecule has 2 N–H and O–H groups in total. The lowest BCUT2D eigenvalue weighted by atomic mass is 10.1. The first-order valence-electron chi connectivity index (χ1n) is 8.27. The van der Waals surface area contributed by atoms with Crippen molar-refractivity contribution >= 4 is 44.8 Å². The second-order valence-electron chi connectivity index (χ2n) is 6.06. The van der Waals surface area contributed by atoms with Crippen LogP contribution in [0.4, 0.5) is 16.2 Å². The molecule has 0 radical (unpaired) electrons. The minimum atomic E-state index is -0.449. The number of benzene rings is 2. The molecule has 1 heterocycles. The van der Waals surface area contributed by atoms with Crippen molar-refractivity contribution in [1.29, 1.82) is 0 Å². The summed E-state index contributed by atoms with van der Waals surface area (Å²) in [4.78, 5) is 24.7. The average molecular weight is 384 g/mol. The van der Waals surface area contributed by atoms with Gasteiger partial charge in [-0.25, -0.2) is 9.59 Å². The Labute approximate surface area is 161 Å². The van der Waals surface area contributed by atoms with E-state index in [4.69, 9.17) is 9.47 Å². The van der Waals surface area contributed by atoms with Gasteiger partial charge in [-0.1, -0.05) is 17.7 Å². The van der Waals surface area contributed by atoms with Crippen molar-refractivity contribution in [1.82, 2.24) is 0 Å². The van der Waals surface area contributed by atoms with Gasteiger partial charge in [0.05, 0.1) is 14.2 Å². The van der Waals surface area contributed by atoms with Crippen LogP contribution < -0.4 is 15.4 Å². The Balaban J connectivity index is 1.84. The van der Waals surface area contributed by atoms with Crippen LogP contribution in [0.1, 0.15) is 20.8 Å². The van der Waals surface area contributed by atoms with Crippen molar-refractivity contribution in [2.75, 3.05) is 24.9 Å². The largest absolute Gasteiger partial charge is 0.494 e. The van der Waals surface area contributed by atoms with Gasteiger partial charge in [0.1, 0.15) is 0 Å². The van der Waals surface area contributed by atoms with E-state index in [1.807, 2.05) is 38.1 Å². The van der Waals surface area contributed by atoms with Gasteiger partial charge in [0, 0.05) is 21.5 Å². The molecule has 2 amide bonds. The molecule has 3 rings (SSSR count). The molecule has 0 saturated carbocycles. The van der Waals surface area contributed by atoms with Crippen LogP contribution in [0.25, 0.3) is 10.1 Å². The highest BCUT2D eigenvalue weighted by molar-refractivity contribution is 7.21. The van der Waals surface area contributed by atoms with Crippen molar-refractivity contribution < 1.29 is 19.1 Å². The van der Waals surface area contributed by atoms with E-state index in [1.54, 1.807) is 12.1 Å². The molecule has 27 heavy (non-hydrogen) atoms. The summed E-state index contributed by atoms with van der Waals surface area (Å²) in [6, 6.07) is 10.9. The molecule has 140 valence electrons. The number of fused-ring (bicyclic) bond motifs is 1. The molecule has 0 unspecified atom stereocenters. The number of methoxy groups -OCH3 is 2. The molecule has 2 aromatic carbocycles. The van der Waals surface area contributed by atoms with Crippen LogP contribution in [0.3, 0.4) is 0 Å². The van der Waals surface area contributed by atoms with E-state index in [0.717, 1.165) is 26.9 Å². The maximum atomic E-state index is 12.3. The molecule has 0 fully saturated rings. The van der Waals surface area contributed by atoms with Crippen LogP contribution in [0, 0.1) is 13.8 Å². The maximum Gasteiger partial charge on any atom is 0.351 e. The molecular weight excluding hydrogens is 364 g/mol. The lowest BCUT2D eigenvalue weighted by Gasteiger charge is -2.11. The molecule has 0 saturated heterocycles. The lowest BCUT2D eigenvalue weighted by Crippen LogP contribution is -2.19. The minimum absolute atomic E-state index is 0.344. The second kappa shape index (κ2) is 7.67. The van der Waals surface area contributed by atoms with Crippen LogP contribution in [0.2, 0.25) is 0 Å². The average Bonchev–Trinajstić information content (AvgIpc) is 3.01. The van der Waals surface area contributed by atoms with Gasteiger partial charge >= 0.3 is 12.0 Å². The minimum Gasteiger partial charge on any atom is -0.494 e. The number of rotatable bonds is 4. The number of hydrogen-bond acceptors (Lipinski definition) is 5. The quantitative estimate of drug-likeness (QED) is 0.624. The predicted octanol–water partition coefficient (Wildman–Crippen LogP) is 4.96. The van der Waals surface area contributed by atoms with Crippen LogP contribution in [-0.2, 0) is 4.74 Å². The summed E-state index contributed by atoms with van der Waals surface area (Å²) in [5.41, 5.74) is 3.47. The van der Waals surface area contributed by atoms with Gasteiger partial charge in [-0.15, -0.1) is 11.3 Å². The fraction of sp³-hybridized carbons (Fsp3) is 0.200. The fourth-order valence-corrected chi connectivity index (χ4v) is 3.89. The number of hydrogen-bond donors (Lipinski definition) is 2. The third kappa shape index (κ3) is 3.88. The summed E-state index contributed by atoms with van der Waals surface area (Å²) in [5.74, 6) is -0.00423. The maximum absolute atomic E-state index is 12.3. The van der Waals surface area contributed by atoms with Gasteiger partial charge in [0.2, 0.25) is 0 Å². The van der Waals surface area contributed by atoms with Crippen molar-refractivity contribution in [2.24, 2.45) is 0 Å². The zero-order chi connectivity index (χ0) is 19.6. The summed E-state index contributed by atoms with van der Waals surface area (Å²) in [5, 5.41) is 6.40. The molecule has 6 nitrogen and oxygen atoms in total. The first-order valence-corrected chi connectivity index (χ1v) is 9.08. The molecule has 3 aromatic rings. The van der Waals surface area contributed by atoms with Crippen LogP contribution >= 0.6 is 11.3 Å². The van der Waals surface area contributed by atoms with Crippen LogP contribution in [0.15, 0.2) is 36.4 Å². The molecule has 0 aliphatic heterocycles. The van der Waals surface area contributed by atoms with E-state index < -0.39 is 5.97 Å². The first kappa shape index (κ1) is 18.7. The number of aryl methyl sites for hydroxylation is 2. The van der Waals surface area contributed by atoms with E-state index in [9.17, 15) is 9.59 Å². The Morgan fingerprint density at radius 2 is 1.78 bits per heavy atom. The van der Waals surface area contributed by atoms with Crippen molar-refractivity contribution in [3.8, 4) is 5.75 Å². The molecule has 1 aromatic heterocycles. The number of urea groups is 1. The topological polar surface area (TPSA) is 76.7 Å². The van der Waals surface area contributed by atoms with Gasteiger partial charge in [-0.05, 0) is 43.7 Å². The fourth-order valence-electron chi connectivity index (χ4n) is 2.82. The van der Waals surface area contributed by atoms with Crippen molar-refractivity contribution in [2.45, 2.75) is 13.8 Å². The highest BCUT2D eigenvalue weighted by Crippen LogP contribution is 2.39. The number of anilines is 2. The summed E-state index contributed by atoms with van der Waals surface area (Å²) in [6.45, 7) is 3.95. The smallest absolute Gasteiger partial charge is 0.351 e. The number of esters is 1. The summed E-state index contributed by atoms with van der Waals surface area (Å²) in [7, 11) is 2.83. The first-order chi connectivity index (χ1) is 12.9. The normalized spacial score (nSPS) is 10.5. The zero-order valence-corrected chi connectivity index (χ0v) is 16.3. The summed E-state index contributed by atoms with van der Waals surface area (Å²) in [6.07, 6.45) is 0. The molecule has 7 heteroatoms. The number of carbonyl (C=O) groups is 2. The Bertz CT molecular complexity index is 1030. The van der Waals surface area contributed by atoms with Crippen LogP contribution in [-0.4, -0.2) is 26.2 Å². The molecule has 0 aliphatic rings. The van der Waals surface area contributed by atoms with Gasteiger partial charge in [-0.3, -0.25) is 0 Å². The number of amides is 2. The van der Waals surface area contributed by atoms with Crippen molar-refractivity contribution in [3.05, 3.63) is 52.4 Å². The molecule has 0 aliphatic carbocycles. The SMILES string of the molecule is COC(=O)c1sc2ccc(NC(=O)Nc3ccc(C)cc3C)cc2c1OC. The number of nitrogens with one attached hydrogen (secondary N) is 2. The van der Waals surface area contributed by atoms with Gasteiger partial charge in [-0.2, -0.15) is 0 Å². The molecule has 0 spiro atoms.